The summed E-state index contributed by atoms with van der Waals surface area (Å²) in [5.41, 5.74) is 5.30. The van der Waals surface area contributed by atoms with Gasteiger partial charge in [0.05, 0.1) is 0 Å². The molecule has 18 heavy (non-hydrogen) atoms. The average molecular weight is 249 g/mol. The minimum atomic E-state index is -0.552. The fraction of sp³-hybridized carbons (Fsp3) is 0.583. The molecule has 0 saturated heterocycles. The Kier molecular flexibility index (Phi) is 4.09. The van der Waals surface area contributed by atoms with Gasteiger partial charge in [0.15, 0.2) is 5.69 Å². The van der Waals surface area contributed by atoms with E-state index in [0.29, 0.717) is 17.9 Å². The zero-order valence-corrected chi connectivity index (χ0v) is 10.5. The Hall–Kier alpha value is -1.69. The summed E-state index contributed by atoms with van der Waals surface area (Å²) in [7, 11) is 2.01. The van der Waals surface area contributed by atoms with Crippen molar-refractivity contribution in [3.05, 3.63) is 17.8 Å². The van der Waals surface area contributed by atoms with Crippen LogP contribution in [0.25, 0.3) is 0 Å². The van der Waals surface area contributed by atoms with Crippen molar-refractivity contribution in [3.63, 3.8) is 0 Å². The van der Waals surface area contributed by atoms with Gasteiger partial charge < -0.3 is 16.4 Å². The number of carbonyl (C=O) groups is 1. The molecule has 1 heterocycles. The summed E-state index contributed by atoms with van der Waals surface area (Å²) in [5, 5.41) is 14.4. The number of anilines is 1. The summed E-state index contributed by atoms with van der Waals surface area (Å²) in [5.74, 6) is 0.150. The number of amides is 1. The van der Waals surface area contributed by atoms with Gasteiger partial charge in [-0.2, -0.15) is 0 Å². The quantitative estimate of drug-likeness (QED) is 0.723. The van der Waals surface area contributed by atoms with Crippen molar-refractivity contribution in [1.29, 1.82) is 0 Å². The lowest BCUT2D eigenvalue weighted by molar-refractivity contribution is 0.0994. The summed E-state index contributed by atoms with van der Waals surface area (Å²) < 4.78 is 0. The number of aromatic nitrogens is 2. The van der Waals surface area contributed by atoms with E-state index >= 15 is 0 Å². The molecular weight excluding hydrogens is 230 g/mol. The Bertz CT molecular complexity index is 397. The molecule has 6 nitrogen and oxygen atoms in total. The second-order valence-electron chi connectivity index (χ2n) is 4.65. The Labute approximate surface area is 106 Å². The highest BCUT2D eigenvalue weighted by Crippen LogP contribution is 2.21. The van der Waals surface area contributed by atoms with Crippen LogP contribution in [0.5, 0.6) is 0 Å². The molecule has 1 aromatic heterocycles. The van der Waals surface area contributed by atoms with E-state index in [9.17, 15) is 4.79 Å². The molecule has 1 amide bonds. The van der Waals surface area contributed by atoms with Crippen molar-refractivity contribution in [3.8, 4) is 0 Å². The molecule has 2 rings (SSSR count). The average Bonchev–Trinajstić information content (AvgIpc) is 2.40. The summed E-state index contributed by atoms with van der Waals surface area (Å²) >= 11 is 0. The largest absolute Gasteiger partial charge is 0.366 e. The van der Waals surface area contributed by atoms with Gasteiger partial charge >= 0.3 is 0 Å². The van der Waals surface area contributed by atoms with E-state index in [0.717, 1.165) is 12.8 Å². The molecule has 0 aromatic carbocycles. The molecular formula is C12H19N5O. The maximum atomic E-state index is 10.9. The van der Waals surface area contributed by atoms with Crippen LogP contribution >= 0.6 is 0 Å². The Morgan fingerprint density at radius 1 is 1.22 bits per heavy atom. The number of rotatable bonds is 4. The van der Waals surface area contributed by atoms with Crippen molar-refractivity contribution in [2.45, 2.75) is 37.8 Å². The van der Waals surface area contributed by atoms with Gasteiger partial charge in [-0.1, -0.05) is 0 Å². The maximum Gasteiger partial charge on any atom is 0.269 e. The number of primary amides is 1. The SMILES string of the molecule is CNC1CCC(Nc2ccc(C(N)=O)nn2)CC1. The Morgan fingerprint density at radius 2 is 1.89 bits per heavy atom. The zero-order chi connectivity index (χ0) is 13.0. The smallest absolute Gasteiger partial charge is 0.269 e. The van der Waals surface area contributed by atoms with Crippen LogP contribution in [0.2, 0.25) is 0 Å². The van der Waals surface area contributed by atoms with Crippen LogP contribution in [0.3, 0.4) is 0 Å². The van der Waals surface area contributed by atoms with Crippen LogP contribution in [0.4, 0.5) is 5.82 Å². The summed E-state index contributed by atoms with van der Waals surface area (Å²) in [6.07, 6.45) is 4.57. The number of hydrogen-bond acceptors (Lipinski definition) is 5. The van der Waals surface area contributed by atoms with Crippen molar-refractivity contribution in [2.75, 3.05) is 12.4 Å². The third-order valence-electron chi connectivity index (χ3n) is 3.40. The summed E-state index contributed by atoms with van der Waals surface area (Å²) in [6.45, 7) is 0. The molecule has 0 radical (unpaired) electrons. The van der Waals surface area contributed by atoms with E-state index in [-0.39, 0.29) is 5.69 Å². The van der Waals surface area contributed by atoms with Gasteiger partial charge in [-0.05, 0) is 44.9 Å². The van der Waals surface area contributed by atoms with Gasteiger partial charge in [0, 0.05) is 12.1 Å². The van der Waals surface area contributed by atoms with E-state index in [2.05, 4.69) is 20.8 Å². The lowest BCUT2D eigenvalue weighted by atomic mass is 9.91. The minimum absolute atomic E-state index is 0.194. The van der Waals surface area contributed by atoms with E-state index in [4.69, 9.17) is 5.73 Å². The summed E-state index contributed by atoms with van der Waals surface area (Å²) in [6, 6.07) is 4.41. The Balaban J connectivity index is 1.88. The molecule has 6 heteroatoms. The molecule has 0 bridgehead atoms. The van der Waals surface area contributed by atoms with Crippen LogP contribution in [0, 0.1) is 0 Å². The molecule has 1 aliphatic rings. The molecule has 1 saturated carbocycles. The Morgan fingerprint density at radius 3 is 2.39 bits per heavy atom. The lowest BCUT2D eigenvalue weighted by Gasteiger charge is -2.28. The normalized spacial score (nSPS) is 23.6. The molecule has 0 atom stereocenters. The molecule has 1 aliphatic carbocycles. The molecule has 98 valence electrons. The predicted octanol–water partition coefficient (Wildman–Crippen LogP) is 0.518. The van der Waals surface area contributed by atoms with Gasteiger partial charge in [-0.25, -0.2) is 0 Å². The first-order valence-electron chi connectivity index (χ1n) is 6.26. The van der Waals surface area contributed by atoms with Crippen LogP contribution in [-0.4, -0.2) is 35.2 Å². The van der Waals surface area contributed by atoms with Gasteiger partial charge in [0.25, 0.3) is 5.91 Å². The van der Waals surface area contributed by atoms with Gasteiger partial charge in [0.2, 0.25) is 0 Å². The van der Waals surface area contributed by atoms with Crippen LogP contribution < -0.4 is 16.4 Å². The second-order valence-corrected chi connectivity index (χ2v) is 4.65. The van der Waals surface area contributed by atoms with E-state index in [1.165, 1.54) is 12.8 Å². The third-order valence-corrected chi connectivity index (χ3v) is 3.40. The van der Waals surface area contributed by atoms with Crippen LogP contribution in [0.15, 0.2) is 12.1 Å². The summed E-state index contributed by atoms with van der Waals surface area (Å²) in [4.78, 5) is 10.9. The third kappa shape index (κ3) is 3.16. The topological polar surface area (TPSA) is 92.9 Å². The fourth-order valence-electron chi connectivity index (χ4n) is 2.28. The van der Waals surface area contributed by atoms with Crippen molar-refractivity contribution >= 4 is 11.7 Å². The molecule has 0 spiro atoms. The maximum absolute atomic E-state index is 10.9. The second kappa shape index (κ2) is 5.77. The van der Waals surface area contributed by atoms with Crippen LogP contribution in [0.1, 0.15) is 36.2 Å². The van der Waals surface area contributed by atoms with Crippen molar-refractivity contribution < 1.29 is 4.79 Å². The van der Waals surface area contributed by atoms with E-state index < -0.39 is 5.91 Å². The fourth-order valence-corrected chi connectivity index (χ4v) is 2.28. The number of carbonyl (C=O) groups excluding carboxylic acids is 1. The molecule has 1 fully saturated rings. The van der Waals surface area contributed by atoms with Gasteiger partial charge in [-0.15, -0.1) is 10.2 Å². The van der Waals surface area contributed by atoms with Gasteiger partial charge in [0.1, 0.15) is 5.82 Å². The predicted molar refractivity (Wildman–Crippen MR) is 69.3 cm³/mol. The standard InChI is InChI=1S/C12H19N5O/c1-14-8-2-4-9(5-3-8)15-11-7-6-10(12(13)18)16-17-11/h6-9,14H,2-5H2,1H3,(H2,13,18)(H,15,17). The first-order chi connectivity index (χ1) is 8.69. The first kappa shape index (κ1) is 12.8. The molecule has 0 aliphatic heterocycles. The molecule has 0 unspecified atom stereocenters. The van der Waals surface area contributed by atoms with Crippen LogP contribution in [-0.2, 0) is 0 Å². The highest BCUT2D eigenvalue weighted by molar-refractivity contribution is 5.90. The molecule has 1 aromatic rings. The zero-order valence-electron chi connectivity index (χ0n) is 10.5. The van der Waals surface area contributed by atoms with E-state index in [1.54, 1.807) is 12.1 Å². The van der Waals surface area contributed by atoms with Crippen molar-refractivity contribution in [2.24, 2.45) is 5.73 Å². The lowest BCUT2D eigenvalue weighted by Crippen LogP contribution is -2.35. The number of hydrogen-bond donors (Lipinski definition) is 3. The number of nitrogens with one attached hydrogen (secondary N) is 2. The monoisotopic (exact) mass is 249 g/mol. The van der Waals surface area contributed by atoms with Gasteiger partial charge in [-0.3, -0.25) is 4.79 Å². The number of nitrogens with zero attached hydrogens (tertiary/aromatic N) is 2. The minimum Gasteiger partial charge on any atom is -0.366 e. The molecule has 4 N–H and O–H groups in total. The highest BCUT2D eigenvalue weighted by Gasteiger charge is 2.20. The number of nitrogens with two attached hydrogens (primary N) is 1. The highest BCUT2D eigenvalue weighted by atomic mass is 16.1. The van der Waals surface area contributed by atoms with E-state index in [1.807, 2.05) is 7.05 Å². The first-order valence-corrected chi connectivity index (χ1v) is 6.26. The van der Waals surface area contributed by atoms with Crippen molar-refractivity contribution in [1.82, 2.24) is 15.5 Å².